The van der Waals surface area contributed by atoms with E-state index in [-0.39, 0.29) is 5.82 Å². The molecule has 140 valence electrons. The molecule has 0 amide bonds. The predicted molar refractivity (Wildman–Crippen MR) is 96.3 cm³/mol. The van der Waals surface area contributed by atoms with Crippen LogP contribution >= 0.6 is 11.6 Å². The van der Waals surface area contributed by atoms with Gasteiger partial charge in [0.05, 0.1) is 7.11 Å². The van der Waals surface area contributed by atoms with Gasteiger partial charge in [0.1, 0.15) is 16.5 Å². The van der Waals surface area contributed by atoms with Crippen LogP contribution in [-0.2, 0) is 6.18 Å². The summed E-state index contributed by atoms with van der Waals surface area (Å²) in [5.74, 6) is -0.0651. The van der Waals surface area contributed by atoms with Gasteiger partial charge in [-0.25, -0.2) is 15.0 Å². The van der Waals surface area contributed by atoms with Gasteiger partial charge in [-0.1, -0.05) is 29.3 Å². The highest BCUT2D eigenvalue weighted by atomic mass is 35.5. The van der Waals surface area contributed by atoms with Crippen LogP contribution in [0.15, 0.2) is 42.6 Å². The highest BCUT2D eigenvalue weighted by molar-refractivity contribution is 6.30. The van der Waals surface area contributed by atoms with E-state index in [1.54, 1.807) is 36.4 Å². The van der Waals surface area contributed by atoms with Crippen molar-refractivity contribution in [2.45, 2.75) is 13.1 Å². The van der Waals surface area contributed by atoms with E-state index in [9.17, 15) is 13.2 Å². The molecule has 2 aromatic heterocycles. The standard InChI is InChI=1S/C18H14ClF3N4O/c1-10-3-6-12(7-4-10)24-17-14(18(20,21)22)15(19)25-16(26-17)11-5-8-13(27-2)23-9-11/h3-9H,1-2H3,(H,24,25,26). The summed E-state index contributed by atoms with van der Waals surface area (Å²) in [7, 11) is 1.46. The summed E-state index contributed by atoms with van der Waals surface area (Å²) in [5.41, 5.74) is 0.690. The van der Waals surface area contributed by atoms with Crippen LogP contribution in [0.4, 0.5) is 24.7 Å². The average molecular weight is 395 g/mol. The maximum Gasteiger partial charge on any atom is 0.422 e. The number of anilines is 2. The van der Waals surface area contributed by atoms with Crippen LogP contribution < -0.4 is 10.1 Å². The number of aryl methyl sites for hydroxylation is 1. The van der Waals surface area contributed by atoms with Gasteiger partial charge in [0.15, 0.2) is 5.82 Å². The van der Waals surface area contributed by atoms with Crippen molar-refractivity contribution in [3.8, 4) is 17.3 Å². The number of nitrogens with one attached hydrogen (secondary N) is 1. The van der Waals surface area contributed by atoms with E-state index in [0.29, 0.717) is 17.1 Å². The Balaban J connectivity index is 2.09. The Morgan fingerprint density at radius 2 is 1.74 bits per heavy atom. The lowest BCUT2D eigenvalue weighted by molar-refractivity contribution is -0.137. The molecule has 2 heterocycles. The van der Waals surface area contributed by atoms with E-state index in [1.165, 1.54) is 13.3 Å². The summed E-state index contributed by atoms with van der Waals surface area (Å²) in [5, 5.41) is 1.98. The first-order valence-corrected chi connectivity index (χ1v) is 8.14. The number of aromatic nitrogens is 3. The Bertz CT molecular complexity index is 945. The molecule has 9 heteroatoms. The van der Waals surface area contributed by atoms with Gasteiger partial charge in [-0.15, -0.1) is 0 Å². The quantitative estimate of drug-likeness (QED) is 0.611. The molecule has 0 fully saturated rings. The lowest BCUT2D eigenvalue weighted by atomic mass is 10.2. The van der Waals surface area contributed by atoms with Crippen molar-refractivity contribution in [1.29, 1.82) is 0 Å². The van der Waals surface area contributed by atoms with Crippen molar-refractivity contribution in [3.05, 3.63) is 58.9 Å². The lowest BCUT2D eigenvalue weighted by Crippen LogP contribution is -2.13. The number of halogens is 4. The maximum absolute atomic E-state index is 13.5. The molecule has 0 unspecified atom stereocenters. The average Bonchev–Trinajstić information content (AvgIpc) is 2.62. The molecular weight excluding hydrogens is 381 g/mol. The smallest absolute Gasteiger partial charge is 0.422 e. The second-order valence-corrected chi connectivity index (χ2v) is 6.00. The Morgan fingerprint density at radius 1 is 1.04 bits per heavy atom. The van der Waals surface area contributed by atoms with Crippen molar-refractivity contribution in [2.24, 2.45) is 0 Å². The van der Waals surface area contributed by atoms with Gasteiger partial charge in [-0.05, 0) is 25.1 Å². The summed E-state index contributed by atoms with van der Waals surface area (Å²) in [6, 6.07) is 9.98. The molecule has 0 aliphatic carbocycles. The molecule has 0 spiro atoms. The lowest BCUT2D eigenvalue weighted by Gasteiger charge is -2.16. The highest BCUT2D eigenvalue weighted by Crippen LogP contribution is 2.40. The van der Waals surface area contributed by atoms with Crippen LogP contribution in [0.1, 0.15) is 11.1 Å². The van der Waals surface area contributed by atoms with Gasteiger partial charge in [0, 0.05) is 23.5 Å². The van der Waals surface area contributed by atoms with E-state index in [2.05, 4.69) is 20.3 Å². The number of pyridine rings is 1. The second kappa shape index (κ2) is 7.40. The number of hydrogen-bond acceptors (Lipinski definition) is 5. The van der Waals surface area contributed by atoms with Crippen molar-refractivity contribution in [3.63, 3.8) is 0 Å². The van der Waals surface area contributed by atoms with Gasteiger partial charge in [-0.2, -0.15) is 13.2 Å². The summed E-state index contributed by atoms with van der Waals surface area (Å²) in [4.78, 5) is 11.8. The molecular formula is C18H14ClF3N4O. The van der Waals surface area contributed by atoms with Gasteiger partial charge >= 0.3 is 6.18 Å². The minimum absolute atomic E-state index is 0.0118. The molecule has 0 radical (unpaired) electrons. The third kappa shape index (κ3) is 4.28. The molecule has 3 rings (SSSR count). The normalized spacial score (nSPS) is 11.3. The van der Waals surface area contributed by atoms with Crippen LogP contribution in [0.5, 0.6) is 5.88 Å². The molecule has 5 nitrogen and oxygen atoms in total. The molecule has 0 aliphatic heterocycles. The molecule has 27 heavy (non-hydrogen) atoms. The number of methoxy groups -OCH3 is 1. The fraction of sp³-hybridized carbons (Fsp3) is 0.167. The van der Waals surface area contributed by atoms with E-state index >= 15 is 0 Å². The van der Waals surface area contributed by atoms with Crippen LogP contribution in [0.2, 0.25) is 5.15 Å². The molecule has 0 aliphatic rings. The Hall–Kier alpha value is -2.87. The summed E-state index contributed by atoms with van der Waals surface area (Å²) < 4.78 is 45.4. The zero-order chi connectivity index (χ0) is 19.6. The van der Waals surface area contributed by atoms with E-state index in [0.717, 1.165) is 5.56 Å². The van der Waals surface area contributed by atoms with Crippen molar-refractivity contribution < 1.29 is 17.9 Å². The van der Waals surface area contributed by atoms with Crippen LogP contribution in [0.3, 0.4) is 0 Å². The first kappa shape index (κ1) is 18.9. The molecule has 0 saturated carbocycles. The molecule has 1 N–H and O–H groups in total. The first-order chi connectivity index (χ1) is 12.8. The highest BCUT2D eigenvalue weighted by Gasteiger charge is 2.38. The SMILES string of the molecule is COc1ccc(-c2nc(Cl)c(C(F)(F)F)c(Nc3ccc(C)cc3)n2)cn1. The Labute approximate surface area is 158 Å². The third-order valence-corrected chi connectivity index (χ3v) is 3.94. The topological polar surface area (TPSA) is 59.9 Å². The molecule has 1 aromatic carbocycles. The van der Waals surface area contributed by atoms with Gasteiger partial charge in [-0.3, -0.25) is 0 Å². The number of nitrogens with zero attached hydrogens (tertiary/aromatic N) is 3. The second-order valence-electron chi connectivity index (χ2n) is 5.64. The maximum atomic E-state index is 13.5. The fourth-order valence-electron chi connectivity index (χ4n) is 2.31. The van der Waals surface area contributed by atoms with Crippen molar-refractivity contribution in [1.82, 2.24) is 15.0 Å². The number of ether oxygens (including phenoxy) is 1. The minimum Gasteiger partial charge on any atom is -0.481 e. The van der Waals surface area contributed by atoms with Crippen LogP contribution in [0.25, 0.3) is 11.4 Å². The van der Waals surface area contributed by atoms with Gasteiger partial charge in [0.25, 0.3) is 0 Å². The summed E-state index contributed by atoms with van der Waals surface area (Å²) >= 11 is 5.86. The third-order valence-electron chi connectivity index (χ3n) is 3.67. The molecule has 0 atom stereocenters. The zero-order valence-electron chi connectivity index (χ0n) is 14.3. The number of rotatable bonds is 4. The first-order valence-electron chi connectivity index (χ1n) is 7.77. The monoisotopic (exact) mass is 394 g/mol. The molecule has 0 bridgehead atoms. The Kier molecular flexibility index (Phi) is 5.18. The molecule has 0 saturated heterocycles. The van der Waals surface area contributed by atoms with E-state index in [4.69, 9.17) is 16.3 Å². The minimum atomic E-state index is -4.72. The van der Waals surface area contributed by atoms with Crippen molar-refractivity contribution in [2.75, 3.05) is 12.4 Å². The van der Waals surface area contributed by atoms with E-state index < -0.39 is 22.7 Å². The van der Waals surface area contributed by atoms with Crippen LogP contribution in [-0.4, -0.2) is 22.1 Å². The fourth-order valence-corrected chi connectivity index (χ4v) is 2.59. The largest absolute Gasteiger partial charge is 0.481 e. The number of benzene rings is 1. The summed E-state index contributed by atoms with van der Waals surface area (Å²) in [6.45, 7) is 1.88. The van der Waals surface area contributed by atoms with E-state index in [1.807, 2.05) is 6.92 Å². The Morgan fingerprint density at radius 3 is 2.30 bits per heavy atom. The van der Waals surface area contributed by atoms with Crippen LogP contribution in [0, 0.1) is 6.92 Å². The van der Waals surface area contributed by atoms with Gasteiger partial charge in [0.2, 0.25) is 5.88 Å². The summed E-state index contributed by atoms with van der Waals surface area (Å²) in [6.07, 6.45) is -3.33. The number of hydrogen-bond donors (Lipinski definition) is 1. The predicted octanol–water partition coefficient (Wildman–Crippen LogP) is 5.27. The number of alkyl halides is 3. The van der Waals surface area contributed by atoms with Crippen molar-refractivity contribution >= 4 is 23.1 Å². The zero-order valence-corrected chi connectivity index (χ0v) is 15.1. The van der Waals surface area contributed by atoms with Gasteiger partial charge < -0.3 is 10.1 Å². The molecule has 3 aromatic rings.